The molecule has 0 saturated carbocycles. The first-order valence-electron chi connectivity index (χ1n) is 6.39. The van der Waals surface area contributed by atoms with Crippen LogP contribution in [0.5, 0.6) is 5.75 Å². The third-order valence-corrected chi connectivity index (χ3v) is 3.68. The largest absolute Gasteiger partial charge is 0.508 e. The van der Waals surface area contributed by atoms with Crippen molar-refractivity contribution < 1.29 is 5.11 Å². The number of aromatic hydroxyl groups is 1. The molecule has 94 valence electrons. The number of rotatable bonds is 4. The summed E-state index contributed by atoms with van der Waals surface area (Å²) >= 11 is 0. The van der Waals surface area contributed by atoms with Gasteiger partial charge in [0, 0.05) is 18.6 Å². The minimum absolute atomic E-state index is 0.337. The molecule has 0 bridgehead atoms. The summed E-state index contributed by atoms with van der Waals surface area (Å²) in [5.74, 6) is 0.349. The monoisotopic (exact) mass is 234 g/mol. The second-order valence-electron chi connectivity index (χ2n) is 5.00. The lowest BCUT2D eigenvalue weighted by molar-refractivity contribution is 0.238. The lowest BCUT2D eigenvalue weighted by Crippen LogP contribution is -2.36. The van der Waals surface area contributed by atoms with Gasteiger partial charge in [-0.05, 0) is 51.1 Å². The number of hydrogen-bond donors (Lipinski definition) is 2. The number of phenolic OH excluding ortho intramolecular Hbond substituents is 1. The molecule has 1 aromatic rings. The fourth-order valence-electron chi connectivity index (χ4n) is 2.46. The van der Waals surface area contributed by atoms with Gasteiger partial charge >= 0.3 is 0 Å². The highest BCUT2D eigenvalue weighted by molar-refractivity contribution is 5.29. The average molecular weight is 234 g/mol. The van der Waals surface area contributed by atoms with Crippen LogP contribution in [0.2, 0.25) is 0 Å². The molecule has 0 aliphatic carbocycles. The number of benzene rings is 1. The predicted octanol–water partition coefficient (Wildman–Crippen LogP) is 2.14. The van der Waals surface area contributed by atoms with Crippen LogP contribution in [-0.4, -0.2) is 36.2 Å². The lowest BCUT2D eigenvalue weighted by atomic mass is 10.1. The molecule has 1 saturated heterocycles. The Bertz CT molecular complexity index is 361. The molecule has 3 nitrogen and oxygen atoms in total. The Kier molecular flexibility index (Phi) is 4.02. The third kappa shape index (κ3) is 3.20. The molecule has 17 heavy (non-hydrogen) atoms. The van der Waals surface area contributed by atoms with Crippen molar-refractivity contribution in [3.05, 3.63) is 29.8 Å². The summed E-state index contributed by atoms with van der Waals surface area (Å²) in [5, 5.41) is 13.0. The molecular weight excluding hydrogens is 212 g/mol. The van der Waals surface area contributed by atoms with Gasteiger partial charge in [0.1, 0.15) is 5.75 Å². The van der Waals surface area contributed by atoms with Gasteiger partial charge in [0.15, 0.2) is 0 Å². The summed E-state index contributed by atoms with van der Waals surface area (Å²) in [7, 11) is 2.15. The number of likely N-dealkylation sites (N-methyl/N-ethyl adjacent to an activating group) is 1. The van der Waals surface area contributed by atoms with E-state index in [2.05, 4.69) is 30.3 Å². The molecule has 0 spiro atoms. The molecule has 2 rings (SSSR count). The first-order valence-corrected chi connectivity index (χ1v) is 6.39. The van der Waals surface area contributed by atoms with Crippen molar-refractivity contribution >= 4 is 0 Å². The van der Waals surface area contributed by atoms with Gasteiger partial charge in [-0.3, -0.25) is 4.90 Å². The van der Waals surface area contributed by atoms with Gasteiger partial charge in [-0.25, -0.2) is 0 Å². The van der Waals surface area contributed by atoms with Crippen LogP contribution < -0.4 is 5.32 Å². The van der Waals surface area contributed by atoms with E-state index in [1.54, 1.807) is 6.07 Å². The van der Waals surface area contributed by atoms with Gasteiger partial charge in [0.05, 0.1) is 0 Å². The van der Waals surface area contributed by atoms with Crippen molar-refractivity contribution in [2.24, 2.45) is 0 Å². The topological polar surface area (TPSA) is 35.5 Å². The van der Waals surface area contributed by atoms with Crippen molar-refractivity contribution in [2.75, 3.05) is 20.1 Å². The smallest absolute Gasteiger partial charge is 0.115 e. The van der Waals surface area contributed by atoms with Crippen LogP contribution in [0.3, 0.4) is 0 Å². The zero-order valence-corrected chi connectivity index (χ0v) is 10.7. The van der Waals surface area contributed by atoms with Crippen LogP contribution in [0, 0.1) is 0 Å². The molecule has 1 heterocycles. The second kappa shape index (κ2) is 5.52. The molecule has 2 unspecified atom stereocenters. The second-order valence-corrected chi connectivity index (χ2v) is 5.00. The number of hydrogen-bond acceptors (Lipinski definition) is 3. The van der Waals surface area contributed by atoms with Crippen LogP contribution in [0.1, 0.15) is 31.4 Å². The maximum Gasteiger partial charge on any atom is 0.115 e. The van der Waals surface area contributed by atoms with E-state index in [4.69, 9.17) is 0 Å². The summed E-state index contributed by atoms with van der Waals surface area (Å²) in [5.41, 5.74) is 1.17. The Morgan fingerprint density at radius 2 is 2.35 bits per heavy atom. The average Bonchev–Trinajstić information content (AvgIpc) is 2.80. The highest BCUT2D eigenvalue weighted by atomic mass is 16.3. The Balaban J connectivity index is 1.96. The fourth-order valence-corrected chi connectivity index (χ4v) is 2.46. The maximum atomic E-state index is 9.50. The van der Waals surface area contributed by atoms with Gasteiger partial charge < -0.3 is 10.4 Å². The van der Waals surface area contributed by atoms with E-state index >= 15 is 0 Å². The molecule has 2 atom stereocenters. The van der Waals surface area contributed by atoms with Crippen LogP contribution in [0.25, 0.3) is 0 Å². The SMILES string of the molecule is CC(c1cccc(O)c1)N(C)CC1CCCN1. The maximum absolute atomic E-state index is 9.50. The minimum atomic E-state index is 0.337. The van der Waals surface area contributed by atoms with Gasteiger partial charge in [-0.15, -0.1) is 0 Å². The van der Waals surface area contributed by atoms with Crippen molar-refractivity contribution in [3.63, 3.8) is 0 Å². The highest BCUT2D eigenvalue weighted by Crippen LogP contribution is 2.23. The zero-order chi connectivity index (χ0) is 12.3. The van der Waals surface area contributed by atoms with E-state index < -0.39 is 0 Å². The van der Waals surface area contributed by atoms with E-state index in [1.165, 1.54) is 18.4 Å². The molecule has 1 aliphatic rings. The van der Waals surface area contributed by atoms with Crippen LogP contribution >= 0.6 is 0 Å². The molecule has 1 fully saturated rings. The molecule has 1 aliphatic heterocycles. The van der Waals surface area contributed by atoms with Gasteiger partial charge in [0.25, 0.3) is 0 Å². The molecular formula is C14H22N2O. The third-order valence-electron chi connectivity index (χ3n) is 3.68. The molecule has 0 aromatic heterocycles. The molecule has 1 aromatic carbocycles. The summed E-state index contributed by atoms with van der Waals surface area (Å²) in [6.45, 7) is 4.40. The fraction of sp³-hybridized carbons (Fsp3) is 0.571. The highest BCUT2D eigenvalue weighted by Gasteiger charge is 2.19. The van der Waals surface area contributed by atoms with Crippen LogP contribution in [0.4, 0.5) is 0 Å². The van der Waals surface area contributed by atoms with Crippen molar-refractivity contribution in [1.82, 2.24) is 10.2 Å². The van der Waals surface area contributed by atoms with Gasteiger partial charge in [0.2, 0.25) is 0 Å². The van der Waals surface area contributed by atoms with Crippen molar-refractivity contribution in [2.45, 2.75) is 31.8 Å². The Hall–Kier alpha value is -1.06. The summed E-state index contributed by atoms with van der Waals surface area (Å²) in [6, 6.07) is 8.51. The molecule has 2 N–H and O–H groups in total. The van der Waals surface area contributed by atoms with Crippen LogP contribution in [-0.2, 0) is 0 Å². The Morgan fingerprint density at radius 1 is 1.53 bits per heavy atom. The normalized spacial score (nSPS) is 21.9. The first-order chi connectivity index (χ1) is 8.16. The molecule has 0 amide bonds. The van der Waals surface area contributed by atoms with E-state index in [-0.39, 0.29) is 0 Å². The Morgan fingerprint density at radius 3 is 3.00 bits per heavy atom. The standard InChI is InChI=1S/C14H22N2O/c1-11(12-5-3-7-14(17)9-12)16(2)10-13-6-4-8-15-13/h3,5,7,9,11,13,15,17H,4,6,8,10H2,1-2H3. The molecule has 3 heteroatoms. The van der Waals surface area contributed by atoms with Crippen molar-refractivity contribution in [1.29, 1.82) is 0 Å². The van der Waals surface area contributed by atoms with Gasteiger partial charge in [-0.2, -0.15) is 0 Å². The Labute approximate surface area is 103 Å². The van der Waals surface area contributed by atoms with E-state index in [0.29, 0.717) is 17.8 Å². The van der Waals surface area contributed by atoms with Gasteiger partial charge in [-0.1, -0.05) is 12.1 Å². The van der Waals surface area contributed by atoms with E-state index in [9.17, 15) is 5.11 Å². The number of nitrogens with zero attached hydrogens (tertiary/aromatic N) is 1. The zero-order valence-electron chi connectivity index (χ0n) is 10.7. The minimum Gasteiger partial charge on any atom is -0.508 e. The summed E-state index contributed by atoms with van der Waals surface area (Å²) < 4.78 is 0. The summed E-state index contributed by atoms with van der Waals surface area (Å²) in [6.07, 6.45) is 2.57. The van der Waals surface area contributed by atoms with Crippen LogP contribution in [0.15, 0.2) is 24.3 Å². The van der Waals surface area contributed by atoms with Crippen molar-refractivity contribution in [3.8, 4) is 5.75 Å². The predicted molar refractivity (Wildman–Crippen MR) is 70.2 cm³/mol. The van der Waals surface area contributed by atoms with E-state index in [1.807, 2.05) is 12.1 Å². The quantitative estimate of drug-likeness (QED) is 0.838. The lowest BCUT2D eigenvalue weighted by Gasteiger charge is -2.27. The van der Waals surface area contributed by atoms with E-state index in [0.717, 1.165) is 13.1 Å². The number of phenols is 1. The summed E-state index contributed by atoms with van der Waals surface area (Å²) in [4.78, 5) is 2.35. The number of nitrogens with one attached hydrogen (secondary N) is 1. The molecule has 0 radical (unpaired) electrons. The first kappa shape index (κ1) is 12.4.